The van der Waals surface area contributed by atoms with E-state index in [1.54, 1.807) is 24.3 Å². The minimum atomic E-state index is -0.400. The Morgan fingerprint density at radius 1 is 0.604 bits per heavy atom. The summed E-state index contributed by atoms with van der Waals surface area (Å²) in [6, 6.07) is 22.8. The van der Waals surface area contributed by atoms with Crippen LogP contribution in [0.4, 0.5) is 11.4 Å². The summed E-state index contributed by atoms with van der Waals surface area (Å²) in [5.74, 6) is 0.603. The average molecular weight is 675 g/mol. The Balaban J connectivity index is 1.79. The summed E-state index contributed by atoms with van der Waals surface area (Å²) in [6.07, 6.45) is 1.36. The highest BCUT2D eigenvalue weighted by molar-refractivity contribution is 6.30. The third kappa shape index (κ3) is 14.0. The number of guanidine groups is 4. The van der Waals surface area contributed by atoms with Crippen LogP contribution in [0.1, 0.15) is 57.2 Å². The topological polar surface area (TPSA) is 212 Å². The molecule has 0 aliphatic heterocycles. The predicted octanol–water partition coefficient (Wildman–Crippen LogP) is 4.43. The quantitative estimate of drug-likeness (QED) is 0.119. The SMILES string of the molecule is Cc1ccc(N=C(N)/N=C(\N)N(CCC(C)(C)N)Cc2ccc(CN(CCC(C)(C)N)/C(N)=N/C(N)=Nc3ccc(Cl)cc3)cc2)cc1. The summed E-state index contributed by atoms with van der Waals surface area (Å²) in [6.45, 7) is 12.0. The van der Waals surface area contributed by atoms with E-state index in [-0.39, 0.29) is 23.8 Å². The molecule has 0 unspecified atom stereocenters. The number of hydrogen-bond acceptors (Lipinski definition) is 4. The molecule has 12 nitrogen and oxygen atoms in total. The number of rotatable bonds is 12. The first-order valence-corrected chi connectivity index (χ1v) is 16.2. The number of aryl methyl sites for hydroxylation is 1. The zero-order chi connectivity index (χ0) is 35.5. The van der Waals surface area contributed by atoms with E-state index in [2.05, 4.69) is 20.0 Å². The van der Waals surface area contributed by atoms with Crippen molar-refractivity contribution in [3.05, 3.63) is 94.5 Å². The lowest BCUT2D eigenvalue weighted by molar-refractivity contribution is 0.344. The Morgan fingerprint density at radius 2 is 0.958 bits per heavy atom. The smallest absolute Gasteiger partial charge is 0.223 e. The van der Waals surface area contributed by atoms with E-state index >= 15 is 0 Å². The molecule has 0 saturated heterocycles. The number of nitrogens with two attached hydrogens (primary N) is 6. The molecule has 3 aromatic rings. The van der Waals surface area contributed by atoms with Gasteiger partial charge in [0.25, 0.3) is 0 Å². The molecule has 0 atom stereocenters. The first-order chi connectivity index (χ1) is 22.5. The molecule has 13 heteroatoms. The van der Waals surface area contributed by atoms with Crippen molar-refractivity contribution < 1.29 is 0 Å². The molecule has 0 amide bonds. The van der Waals surface area contributed by atoms with Crippen LogP contribution in [0.25, 0.3) is 0 Å². The molecule has 0 aliphatic rings. The molecule has 0 fully saturated rings. The van der Waals surface area contributed by atoms with Gasteiger partial charge >= 0.3 is 0 Å². The maximum Gasteiger partial charge on any atom is 0.223 e. The molecule has 3 rings (SSSR count). The molecular formula is C35H51ClN12. The largest absolute Gasteiger partial charge is 0.369 e. The van der Waals surface area contributed by atoms with Crippen molar-refractivity contribution in [3.8, 4) is 0 Å². The van der Waals surface area contributed by atoms with Crippen LogP contribution in [-0.4, -0.2) is 57.8 Å². The van der Waals surface area contributed by atoms with Gasteiger partial charge in [0.2, 0.25) is 11.9 Å². The maximum atomic E-state index is 6.47. The summed E-state index contributed by atoms with van der Waals surface area (Å²) >= 11 is 5.98. The maximum absolute atomic E-state index is 6.47. The van der Waals surface area contributed by atoms with E-state index < -0.39 is 11.1 Å². The molecule has 0 aromatic heterocycles. The second kappa shape index (κ2) is 17.0. The van der Waals surface area contributed by atoms with E-state index in [0.717, 1.165) is 16.7 Å². The summed E-state index contributed by atoms with van der Waals surface area (Å²) in [4.78, 5) is 21.4. The van der Waals surface area contributed by atoms with Crippen LogP contribution in [0.5, 0.6) is 0 Å². The van der Waals surface area contributed by atoms with Crippen LogP contribution in [0.2, 0.25) is 5.02 Å². The van der Waals surface area contributed by atoms with Crippen molar-refractivity contribution in [2.75, 3.05) is 13.1 Å². The van der Waals surface area contributed by atoms with Gasteiger partial charge in [-0.3, -0.25) is 0 Å². The van der Waals surface area contributed by atoms with Crippen molar-refractivity contribution >= 4 is 46.8 Å². The highest BCUT2D eigenvalue weighted by Gasteiger charge is 2.18. The van der Waals surface area contributed by atoms with Gasteiger partial charge in [0, 0.05) is 42.3 Å². The minimum absolute atomic E-state index is 0.0340. The minimum Gasteiger partial charge on any atom is -0.369 e. The van der Waals surface area contributed by atoms with E-state index in [0.29, 0.717) is 55.4 Å². The third-order valence-electron chi connectivity index (χ3n) is 7.28. The molecule has 3 aromatic carbocycles. The fraction of sp³-hybridized carbons (Fsp3) is 0.371. The summed E-state index contributed by atoms with van der Waals surface area (Å²) < 4.78 is 0. The number of nitrogens with zero attached hydrogens (tertiary/aromatic N) is 6. The zero-order valence-corrected chi connectivity index (χ0v) is 29.5. The summed E-state index contributed by atoms with van der Waals surface area (Å²) in [7, 11) is 0. The highest BCUT2D eigenvalue weighted by Crippen LogP contribution is 2.17. The van der Waals surface area contributed by atoms with E-state index in [1.165, 1.54) is 0 Å². The van der Waals surface area contributed by atoms with Gasteiger partial charge in [0.15, 0.2) is 11.9 Å². The molecule has 0 radical (unpaired) electrons. The van der Waals surface area contributed by atoms with Gasteiger partial charge in [-0.15, -0.1) is 0 Å². The second-order valence-electron chi connectivity index (χ2n) is 13.3. The monoisotopic (exact) mass is 674 g/mol. The normalized spacial score (nSPS) is 13.5. The van der Waals surface area contributed by atoms with Crippen molar-refractivity contribution in [3.63, 3.8) is 0 Å². The van der Waals surface area contributed by atoms with Crippen LogP contribution in [-0.2, 0) is 13.1 Å². The molecule has 48 heavy (non-hydrogen) atoms. The molecule has 12 N–H and O–H groups in total. The second-order valence-corrected chi connectivity index (χ2v) is 13.8. The first kappa shape index (κ1) is 37.8. The molecule has 0 spiro atoms. The summed E-state index contributed by atoms with van der Waals surface area (Å²) in [5.41, 5.74) is 41.5. The van der Waals surface area contributed by atoms with Gasteiger partial charge in [-0.2, -0.15) is 9.98 Å². The molecule has 0 heterocycles. The Morgan fingerprint density at radius 3 is 1.31 bits per heavy atom. The van der Waals surface area contributed by atoms with E-state index in [1.807, 2.05) is 92.9 Å². The van der Waals surface area contributed by atoms with Crippen molar-refractivity contribution in [1.82, 2.24) is 9.80 Å². The van der Waals surface area contributed by atoms with Crippen molar-refractivity contribution in [2.24, 2.45) is 54.4 Å². The van der Waals surface area contributed by atoms with Gasteiger partial charge in [-0.25, -0.2) is 9.98 Å². The molecule has 0 saturated carbocycles. The van der Waals surface area contributed by atoms with Crippen LogP contribution in [0, 0.1) is 6.92 Å². The fourth-order valence-electron chi connectivity index (χ4n) is 4.41. The van der Waals surface area contributed by atoms with Crippen molar-refractivity contribution in [2.45, 2.75) is 71.6 Å². The van der Waals surface area contributed by atoms with Gasteiger partial charge in [0.05, 0.1) is 11.4 Å². The van der Waals surface area contributed by atoms with Gasteiger partial charge < -0.3 is 44.2 Å². The van der Waals surface area contributed by atoms with Crippen LogP contribution < -0.4 is 34.4 Å². The predicted molar refractivity (Wildman–Crippen MR) is 201 cm³/mol. The van der Waals surface area contributed by atoms with Crippen LogP contribution >= 0.6 is 11.6 Å². The Labute approximate surface area is 289 Å². The zero-order valence-electron chi connectivity index (χ0n) is 28.7. The van der Waals surface area contributed by atoms with Crippen molar-refractivity contribution in [1.29, 1.82) is 0 Å². The molecular weight excluding hydrogens is 624 g/mol. The lowest BCUT2D eigenvalue weighted by atomic mass is 10.0. The van der Waals surface area contributed by atoms with Gasteiger partial charge in [-0.05, 0) is 95.0 Å². The van der Waals surface area contributed by atoms with E-state index in [9.17, 15) is 0 Å². The number of benzene rings is 3. The number of halogens is 1. The summed E-state index contributed by atoms with van der Waals surface area (Å²) in [5, 5.41) is 0.606. The average Bonchev–Trinajstić information content (AvgIpc) is 2.99. The first-order valence-electron chi connectivity index (χ1n) is 15.8. The number of aliphatic imine (C=N–C) groups is 4. The Bertz CT molecular complexity index is 1460. The standard InChI is InChI=1S/C35H51ClN12/c1-24-6-14-28(15-7-24)43-30(37)45-32(39)47(20-18-34(2,3)41)22-25-8-10-26(11-9-25)23-48(21-19-35(4,5)42)33(40)46-31(38)44-29-16-12-27(36)13-17-29/h6-17H,18-23,41-42H2,1-5H3,(H4,37,39,43,45)(H4,38,40,44,46). The molecule has 0 aliphatic carbocycles. The third-order valence-corrected chi connectivity index (χ3v) is 7.53. The Hall–Kier alpha value is -4.65. The van der Waals surface area contributed by atoms with E-state index in [4.69, 9.17) is 46.0 Å². The van der Waals surface area contributed by atoms with Gasteiger partial charge in [0.1, 0.15) is 0 Å². The highest BCUT2D eigenvalue weighted by atomic mass is 35.5. The van der Waals surface area contributed by atoms with Crippen LogP contribution in [0.3, 0.4) is 0 Å². The molecule has 258 valence electrons. The van der Waals surface area contributed by atoms with Gasteiger partial charge in [-0.1, -0.05) is 53.6 Å². The van der Waals surface area contributed by atoms with Crippen LogP contribution in [0.15, 0.2) is 92.8 Å². The Kier molecular flexibility index (Phi) is 13.4. The molecule has 0 bridgehead atoms. The lowest BCUT2D eigenvalue weighted by Gasteiger charge is -2.28. The fourth-order valence-corrected chi connectivity index (χ4v) is 4.54. The lowest BCUT2D eigenvalue weighted by Crippen LogP contribution is -2.43. The number of hydrogen-bond donors (Lipinski definition) is 6.